The molecule has 2 aliphatic rings. The first kappa shape index (κ1) is 20.5. The van der Waals surface area contributed by atoms with Crippen LogP contribution in [-0.2, 0) is 4.74 Å². The van der Waals surface area contributed by atoms with E-state index in [2.05, 4.69) is 4.90 Å². The van der Waals surface area contributed by atoms with Crippen LogP contribution in [0.25, 0.3) is 0 Å². The number of hydrogen-bond donors (Lipinski definition) is 0. The zero-order valence-corrected chi connectivity index (χ0v) is 17.5. The second kappa shape index (κ2) is 8.92. The van der Waals surface area contributed by atoms with Crippen molar-refractivity contribution in [2.45, 2.75) is 38.4 Å². The van der Waals surface area contributed by atoms with Gasteiger partial charge >= 0.3 is 5.63 Å². The summed E-state index contributed by atoms with van der Waals surface area (Å²) in [7, 11) is 1.77. The maximum atomic E-state index is 12.9. The number of likely N-dealkylation sites (tertiary alicyclic amines) is 1. The molecule has 2 aromatic rings. The lowest BCUT2D eigenvalue weighted by Gasteiger charge is -2.33. The van der Waals surface area contributed by atoms with Gasteiger partial charge in [0.2, 0.25) is 0 Å². The fourth-order valence-corrected chi connectivity index (χ4v) is 4.19. The number of methoxy groups -OCH3 is 1. The number of nitrogens with zero attached hydrogens (tertiary/aromatic N) is 2. The highest BCUT2D eigenvalue weighted by atomic mass is 16.5. The van der Waals surface area contributed by atoms with Crippen LogP contribution in [0.2, 0.25) is 0 Å². The molecule has 0 spiro atoms. The van der Waals surface area contributed by atoms with E-state index < -0.39 is 5.63 Å². The van der Waals surface area contributed by atoms with Gasteiger partial charge in [-0.1, -0.05) is 0 Å². The van der Waals surface area contributed by atoms with Crippen LogP contribution < -0.4 is 15.3 Å². The molecule has 7 nitrogen and oxygen atoms in total. The Morgan fingerprint density at radius 2 is 1.73 bits per heavy atom. The minimum atomic E-state index is -0.428. The van der Waals surface area contributed by atoms with Gasteiger partial charge in [-0.2, -0.15) is 0 Å². The lowest BCUT2D eigenvalue weighted by Crippen LogP contribution is -2.36. The Hall–Kier alpha value is -2.80. The van der Waals surface area contributed by atoms with Crippen LogP contribution in [0.3, 0.4) is 0 Å². The highest BCUT2D eigenvalue weighted by molar-refractivity contribution is 5.94. The second-order valence-corrected chi connectivity index (χ2v) is 7.97. The van der Waals surface area contributed by atoms with Gasteiger partial charge in [-0.25, -0.2) is 4.79 Å². The van der Waals surface area contributed by atoms with Gasteiger partial charge in [0.1, 0.15) is 17.6 Å². The first-order valence-electron chi connectivity index (χ1n) is 10.5. The minimum Gasteiger partial charge on any atom is -0.488 e. The summed E-state index contributed by atoms with van der Waals surface area (Å²) in [4.78, 5) is 28.5. The molecule has 1 unspecified atom stereocenters. The first-order chi connectivity index (χ1) is 14.5. The number of rotatable bonds is 5. The molecule has 0 bridgehead atoms. The number of aryl methyl sites for hydroxylation is 1. The lowest BCUT2D eigenvalue weighted by molar-refractivity contribution is 0.0772. The van der Waals surface area contributed by atoms with Crippen molar-refractivity contribution in [3.8, 4) is 5.75 Å². The molecule has 3 heterocycles. The first-order valence-corrected chi connectivity index (χ1v) is 10.5. The van der Waals surface area contributed by atoms with Crippen molar-refractivity contribution >= 4 is 11.6 Å². The molecule has 30 heavy (non-hydrogen) atoms. The maximum absolute atomic E-state index is 12.9. The summed E-state index contributed by atoms with van der Waals surface area (Å²) < 4.78 is 16.3. The molecule has 0 N–H and O–H groups in total. The van der Waals surface area contributed by atoms with Gasteiger partial charge in [0.15, 0.2) is 0 Å². The minimum absolute atomic E-state index is 0.00879. The van der Waals surface area contributed by atoms with E-state index in [1.165, 1.54) is 6.07 Å². The molecule has 1 atom stereocenters. The highest BCUT2D eigenvalue weighted by Crippen LogP contribution is 2.24. The maximum Gasteiger partial charge on any atom is 0.339 e. The average Bonchev–Trinajstić information content (AvgIpc) is 3.21. The summed E-state index contributed by atoms with van der Waals surface area (Å²) in [6.45, 7) is 4.78. The number of amides is 1. The highest BCUT2D eigenvalue weighted by Gasteiger charge is 2.28. The van der Waals surface area contributed by atoms with Crippen LogP contribution in [-0.4, -0.2) is 56.3 Å². The SMILES string of the molecule is COC1CCN(c2ccc(C(=O)N3CCC(Oc4cc(C)oc(=O)c4)C3)cc2)CC1. The normalized spacial score (nSPS) is 19.9. The third-order valence-corrected chi connectivity index (χ3v) is 5.86. The molecule has 0 radical (unpaired) electrons. The third-order valence-electron chi connectivity index (χ3n) is 5.86. The molecule has 0 saturated carbocycles. The molecule has 2 aliphatic heterocycles. The molecule has 1 aromatic heterocycles. The molecular weight excluding hydrogens is 384 g/mol. The van der Waals surface area contributed by atoms with Crippen molar-refractivity contribution in [1.29, 1.82) is 0 Å². The molecule has 2 fully saturated rings. The number of piperidine rings is 1. The predicted molar refractivity (Wildman–Crippen MR) is 113 cm³/mol. The van der Waals surface area contributed by atoms with Gasteiger partial charge in [-0.05, 0) is 44.0 Å². The van der Waals surface area contributed by atoms with Crippen LogP contribution in [0.5, 0.6) is 5.75 Å². The van der Waals surface area contributed by atoms with E-state index >= 15 is 0 Å². The van der Waals surface area contributed by atoms with E-state index in [9.17, 15) is 9.59 Å². The molecule has 1 amide bonds. The molecular formula is C23H28N2O5. The smallest absolute Gasteiger partial charge is 0.339 e. The van der Waals surface area contributed by atoms with Gasteiger partial charge in [0.25, 0.3) is 5.91 Å². The summed E-state index contributed by atoms with van der Waals surface area (Å²) in [5.41, 5.74) is 1.40. The van der Waals surface area contributed by atoms with Gasteiger partial charge in [0, 0.05) is 50.5 Å². The monoisotopic (exact) mass is 412 g/mol. The summed E-state index contributed by atoms with van der Waals surface area (Å²) in [6.07, 6.45) is 3.00. The van der Waals surface area contributed by atoms with Crippen molar-refractivity contribution in [2.24, 2.45) is 0 Å². The zero-order valence-electron chi connectivity index (χ0n) is 17.5. The fourth-order valence-electron chi connectivity index (χ4n) is 4.19. The number of hydrogen-bond acceptors (Lipinski definition) is 6. The number of anilines is 1. The molecule has 2 saturated heterocycles. The number of carbonyl (C=O) groups is 1. The van der Waals surface area contributed by atoms with Crippen molar-refractivity contribution in [3.05, 3.63) is 58.1 Å². The Morgan fingerprint density at radius 1 is 1.03 bits per heavy atom. The molecule has 160 valence electrons. The molecule has 4 rings (SSSR count). The van der Waals surface area contributed by atoms with Crippen molar-refractivity contribution < 1.29 is 18.7 Å². The third kappa shape index (κ3) is 4.67. The van der Waals surface area contributed by atoms with Gasteiger partial charge in [-0.3, -0.25) is 4.79 Å². The van der Waals surface area contributed by atoms with E-state index in [4.69, 9.17) is 13.9 Å². The standard InChI is InChI=1S/C23H28N2O5/c1-16-13-21(14-22(26)29-16)30-20-9-12-25(15-20)23(27)17-3-5-18(6-4-17)24-10-7-19(28-2)8-11-24/h3-6,13-14,19-20H,7-12,15H2,1-2H3. The number of carbonyl (C=O) groups excluding carboxylic acids is 1. The predicted octanol–water partition coefficient (Wildman–Crippen LogP) is 2.86. The Morgan fingerprint density at radius 3 is 2.40 bits per heavy atom. The van der Waals surface area contributed by atoms with E-state index in [1.54, 1.807) is 20.1 Å². The molecule has 0 aliphatic carbocycles. The summed E-state index contributed by atoms with van der Waals surface area (Å²) in [6, 6.07) is 10.9. The van der Waals surface area contributed by atoms with Crippen LogP contribution in [0.15, 0.2) is 45.6 Å². The summed E-state index contributed by atoms with van der Waals surface area (Å²) in [5, 5.41) is 0. The second-order valence-electron chi connectivity index (χ2n) is 7.97. The van der Waals surface area contributed by atoms with Crippen LogP contribution in [0.1, 0.15) is 35.4 Å². The van der Waals surface area contributed by atoms with Crippen LogP contribution in [0.4, 0.5) is 5.69 Å². The average molecular weight is 412 g/mol. The van der Waals surface area contributed by atoms with Crippen LogP contribution >= 0.6 is 0 Å². The van der Waals surface area contributed by atoms with Crippen molar-refractivity contribution in [1.82, 2.24) is 4.90 Å². The van der Waals surface area contributed by atoms with Crippen molar-refractivity contribution in [3.63, 3.8) is 0 Å². The number of ether oxygens (including phenoxy) is 2. The largest absolute Gasteiger partial charge is 0.488 e. The summed E-state index contributed by atoms with van der Waals surface area (Å²) in [5.74, 6) is 1.01. The lowest BCUT2D eigenvalue weighted by atomic mass is 10.1. The Labute approximate surface area is 176 Å². The van der Waals surface area contributed by atoms with E-state index in [-0.39, 0.29) is 12.0 Å². The van der Waals surface area contributed by atoms with Gasteiger partial charge in [0.05, 0.1) is 18.7 Å². The van der Waals surface area contributed by atoms with E-state index in [1.807, 2.05) is 29.2 Å². The van der Waals surface area contributed by atoms with Crippen LogP contribution in [0, 0.1) is 6.92 Å². The zero-order chi connectivity index (χ0) is 21.1. The Balaban J connectivity index is 1.34. The fraction of sp³-hybridized carbons (Fsp3) is 0.478. The molecule has 1 aromatic carbocycles. The van der Waals surface area contributed by atoms with Gasteiger partial charge < -0.3 is 23.7 Å². The molecule has 7 heteroatoms. The summed E-state index contributed by atoms with van der Waals surface area (Å²) >= 11 is 0. The Bertz CT molecular complexity index is 931. The topological polar surface area (TPSA) is 72.2 Å². The quantitative estimate of drug-likeness (QED) is 0.752. The van der Waals surface area contributed by atoms with Gasteiger partial charge in [-0.15, -0.1) is 0 Å². The Kier molecular flexibility index (Phi) is 6.08. The van der Waals surface area contributed by atoms with Crippen molar-refractivity contribution in [2.75, 3.05) is 38.2 Å². The van der Waals surface area contributed by atoms with E-state index in [0.29, 0.717) is 36.3 Å². The number of benzene rings is 1. The van der Waals surface area contributed by atoms with E-state index in [0.717, 1.165) is 38.0 Å².